The van der Waals surface area contributed by atoms with Gasteiger partial charge in [0.25, 0.3) is 5.91 Å². The van der Waals surface area contributed by atoms with Gasteiger partial charge in [0.2, 0.25) is 5.13 Å². The number of rotatable bonds is 6. The number of amides is 1. The van der Waals surface area contributed by atoms with Gasteiger partial charge in [0.05, 0.1) is 9.21 Å². The first kappa shape index (κ1) is 14.4. The number of nitrogens with one attached hydrogen (secondary N) is 1. The molecule has 0 atom stereocenters. The fourth-order valence-corrected chi connectivity index (χ4v) is 3.24. The van der Waals surface area contributed by atoms with Gasteiger partial charge < -0.3 is 0 Å². The highest BCUT2D eigenvalue weighted by molar-refractivity contribution is 7.18. The summed E-state index contributed by atoms with van der Waals surface area (Å²) in [7, 11) is 0. The van der Waals surface area contributed by atoms with Crippen LogP contribution in [0.15, 0.2) is 12.1 Å². The van der Waals surface area contributed by atoms with Gasteiger partial charge in [-0.25, -0.2) is 0 Å². The van der Waals surface area contributed by atoms with E-state index in [0.29, 0.717) is 14.3 Å². The Morgan fingerprint density at radius 3 is 2.84 bits per heavy atom. The Kier molecular flexibility index (Phi) is 5.30. The van der Waals surface area contributed by atoms with E-state index in [1.165, 1.54) is 35.5 Å². The molecule has 0 aliphatic carbocycles. The maximum absolute atomic E-state index is 11.9. The molecular weight excluding hydrogens is 302 g/mol. The number of aromatic nitrogens is 2. The normalized spacial score (nSPS) is 10.6. The monoisotopic (exact) mass is 315 g/mol. The molecule has 0 bridgehead atoms. The molecule has 1 N–H and O–H groups in total. The highest BCUT2D eigenvalue weighted by Gasteiger charge is 2.12. The van der Waals surface area contributed by atoms with Crippen molar-refractivity contribution in [1.29, 1.82) is 0 Å². The quantitative estimate of drug-likeness (QED) is 0.811. The zero-order chi connectivity index (χ0) is 13.7. The molecule has 0 radical (unpaired) electrons. The minimum Gasteiger partial charge on any atom is -0.296 e. The molecule has 2 rings (SSSR count). The Bertz CT molecular complexity index is 553. The van der Waals surface area contributed by atoms with Gasteiger partial charge >= 0.3 is 0 Å². The average Bonchev–Trinajstić information content (AvgIpc) is 2.99. The number of aryl methyl sites for hydroxylation is 1. The van der Waals surface area contributed by atoms with E-state index in [9.17, 15) is 4.79 Å². The van der Waals surface area contributed by atoms with Crippen LogP contribution >= 0.6 is 34.3 Å². The van der Waals surface area contributed by atoms with Gasteiger partial charge in [-0.15, -0.1) is 21.5 Å². The third kappa shape index (κ3) is 4.26. The Labute approximate surface area is 124 Å². The van der Waals surface area contributed by atoms with Crippen LogP contribution in [0.3, 0.4) is 0 Å². The van der Waals surface area contributed by atoms with Gasteiger partial charge in [-0.2, -0.15) is 0 Å². The van der Waals surface area contributed by atoms with E-state index in [4.69, 9.17) is 11.6 Å². The van der Waals surface area contributed by atoms with E-state index in [1.54, 1.807) is 12.1 Å². The lowest BCUT2D eigenvalue weighted by molar-refractivity contribution is 0.103. The number of hydrogen-bond acceptors (Lipinski definition) is 5. The molecule has 2 heterocycles. The van der Waals surface area contributed by atoms with Crippen LogP contribution in [-0.4, -0.2) is 16.1 Å². The fourth-order valence-electron chi connectivity index (χ4n) is 1.53. The Morgan fingerprint density at radius 1 is 1.32 bits per heavy atom. The zero-order valence-electron chi connectivity index (χ0n) is 10.5. The number of halogens is 1. The number of carbonyl (C=O) groups is 1. The first-order valence-corrected chi connectivity index (χ1v) is 8.09. The van der Waals surface area contributed by atoms with Crippen LogP contribution in [0.1, 0.15) is 40.9 Å². The van der Waals surface area contributed by atoms with Crippen LogP contribution in [0.25, 0.3) is 0 Å². The van der Waals surface area contributed by atoms with Gasteiger partial charge in [0.1, 0.15) is 5.01 Å². The fraction of sp³-hybridized carbons (Fsp3) is 0.417. The van der Waals surface area contributed by atoms with Crippen molar-refractivity contribution in [3.63, 3.8) is 0 Å². The summed E-state index contributed by atoms with van der Waals surface area (Å²) in [4.78, 5) is 12.5. The number of carbonyl (C=O) groups excluding carboxylic acids is 1. The van der Waals surface area contributed by atoms with E-state index in [-0.39, 0.29) is 5.91 Å². The SMILES string of the molecule is CCCCCc1nnc(NC(=O)c2ccc(Cl)s2)s1. The molecule has 19 heavy (non-hydrogen) atoms. The maximum Gasteiger partial charge on any atom is 0.267 e. The van der Waals surface area contributed by atoms with Crippen LogP contribution in [-0.2, 0) is 6.42 Å². The second-order valence-electron chi connectivity index (χ2n) is 4.02. The van der Waals surface area contributed by atoms with Gasteiger partial charge in [-0.1, -0.05) is 42.7 Å². The Morgan fingerprint density at radius 2 is 2.16 bits per heavy atom. The lowest BCUT2D eigenvalue weighted by Crippen LogP contribution is -2.09. The summed E-state index contributed by atoms with van der Waals surface area (Å²) in [5.74, 6) is -0.187. The van der Waals surface area contributed by atoms with Crippen molar-refractivity contribution in [3.8, 4) is 0 Å². The molecular formula is C12H14ClN3OS2. The van der Waals surface area contributed by atoms with Crippen molar-refractivity contribution in [2.45, 2.75) is 32.6 Å². The third-order valence-corrected chi connectivity index (χ3v) is 4.61. The first-order chi connectivity index (χ1) is 9.19. The van der Waals surface area contributed by atoms with Crippen LogP contribution in [0.4, 0.5) is 5.13 Å². The van der Waals surface area contributed by atoms with Crippen LogP contribution in [0, 0.1) is 0 Å². The predicted molar refractivity (Wildman–Crippen MR) is 80.4 cm³/mol. The Hall–Kier alpha value is -0.980. The predicted octanol–water partition coefficient (Wildman–Crippen LogP) is 4.24. The Balaban J connectivity index is 1.90. The zero-order valence-corrected chi connectivity index (χ0v) is 12.9. The molecule has 0 unspecified atom stereocenters. The van der Waals surface area contributed by atoms with Crippen molar-refractivity contribution < 1.29 is 4.79 Å². The summed E-state index contributed by atoms with van der Waals surface area (Å²) >= 11 is 8.47. The minimum atomic E-state index is -0.187. The van der Waals surface area contributed by atoms with Gasteiger partial charge in [0, 0.05) is 6.42 Å². The standard InChI is InChI=1S/C12H14ClN3OS2/c1-2-3-4-5-10-15-16-12(19-10)14-11(17)8-6-7-9(13)18-8/h6-7H,2-5H2,1H3,(H,14,16,17). The second-order valence-corrected chi connectivity index (χ2v) is 6.79. The number of thiophene rings is 1. The van der Waals surface area contributed by atoms with Gasteiger partial charge in [-0.3, -0.25) is 10.1 Å². The molecule has 0 aliphatic rings. The van der Waals surface area contributed by atoms with Gasteiger partial charge in [-0.05, 0) is 18.6 Å². The molecule has 4 nitrogen and oxygen atoms in total. The third-order valence-electron chi connectivity index (χ3n) is 2.48. The lowest BCUT2D eigenvalue weighted by Gasteiger charge is -1.96. The smallest absolute Gasteiger partial charge is 0.267 e. The van der Waals surface area contributed by atoms with Crippen molar-refractivity contribution in [2.24, 2.45) is 0 Å². The number of anilines is 1. The molecule has 0 aromatic carbocycles. The number of nitrogens with zero attached hydrogens (tertiary/aromatic N) is 2. The van der Waals surface area contributed by atoms with Crippen LogP contribution in [0.2, 0.25) is 4.34 Å². The molecule has 1 amide bonds. The van der Waals surface area contributed by atoms with Crippen molar-refractivity contribution in [2.75, 3.05) is 5.32 Å². The average molecular weight is 316 g/mol. The van der Waals surface area contributed by atoms with E-state index < -0.39 is 0 Å². The largest absolute Gasteiger partial charge is 0.296 e. The highest BCUT2D eigenvalue weighted by Crippen LogP contribution is 2.23. The maximum atomic E-state index is 11.9. The second kappa shape index (κ2) is 6.98. The number of hydrogen-bond donors (Lipinski definition) is 1. The van der Waals surface area contributed by atoms with E-state index in [1.807, 2.05) is 0 Å². The summed E-state index contributed by atoms with van der Waals surface area (Å²) in [5, 5.41) is 12.3. The van der Waals surface area contributed by atoms with Crippen LogP contribution in [0.5, 0.6) is 0 Å². The molecule has 0 aliphatic heterocycles. The molecule has 2 aromatic rings. The molecule has 102 valence electrons. The van der Waals surface area contributed by atoms with Crippen LogP contribution < -0.4 is 5.32 Å². The topological polar surface area (TPSA) is 54.9 Å². The summed E-state index contributed by atoms with van der Waals surface area (Å²) in [6, 6.07) is 3.41. The van der Waals surface area contributed by atoms with Crippen molar-refractivity contribution >= 4 is 45.3 Å². The molecule has 0 saturated heterocycles. The van der Waals surface area contributed by atoms with Gasteiger partial charge in [0.15, 0.2) is 0 Å². The number of unbranched alkanes of at least 4 members (excludes halogenated alkanes) is 2. The minimum absolute atomic E-state index is 0.187. The first-order valence-electron chi connectivity index (χ1n) is 6.08. The summed E-state index contributed by atoms with van der Waals surface area (Å²) in [6.45, 7) is 2.16. The lowest BCUT2D eigenvalue weighted by atomic mass is 10.2. The summed E-state index contributed by atoms with van der Waals surface area (Å²) in [5.41, 5.74) is 0. The molecule has 2 aromatic heterocycles. The summed E-state index contributed by atoms with van der Waals surface area (Å²) in [6.07, 6.45) is 4.41. The molecule has 0 fully saturated rings. The highest BCUT2D eigenvalue weighted by atomic mass is 35.5. The van der Waals surface area contributed by atoms with Crippen molar-refractivity contribution in [3.05, 3.63) is 26.4 Å². The molecule has 0 spiro atoms. The molecule has 0 saturated carbocycles. The van der Waals surface area contributed by atoms with E-state index in [2.05, 4.69) is 22.4 Å². The summed E-state index contributed by atoms with van der Waals surface area (Å²) < 4.78 is 0.600. The van der Waals surface area contributed by atoms with Crippen molar-refractivity contribution in [1.82, 2.24) is 10.2 Å². The van der Waals surface area contributed by atoms with E-state index >= 15 is 0 Å². The van der Waals surface area contributed by atoms with E-state index in [0.717, 1.165) is 17.8 Å². The molecule has 7 heteroatoms.